The molecule has 1 aromatic carbocycles. The molecule has 7 heteroatoms. The lowest BCUT2D eigenvalue weighted by atomic mass is 10.2. The van der Waals surface area contributed by atoms with Gasteiger partial charge < -0.3 is 16.0 Å². The predicted octanol–water partition coefficient (Wildman–Crippen LogP) is 0.549. The number of nitrogens with zero attached hydrogens (tertiary/aromatic N) is 1. The summed E-state index contributed by atoms with van der Waals surface area (Å²) >= 11 is 0. The molecule has 0 saturated heterocycles. The van der Waals surface area contributed by atoms with Gasteiger partial charge in [0.05, 0.1) is 5.52 Å². The van der Waals surface area contributed by atoms with Crippen LogP contribution in [0.3, 0.4) is 0 Å². The van der Waals surface area contributed by atoms with Crippen molar-refractivity contribution < 1.29 is 9.59 Å². The van der Waals surface area contributed by atoms with Gasteiger partial charge in [-0.2, -0.15) is 5.10 Å². The summed E-state index contributed by atoms with van der Waals surface area (Å²) in [5.41, 5.74) is 1.09. The molecule has 0 aliphatic heterocycles. The molecule has 1 fully saturated rings. The number of benzene rings is 1. The molecule has 1 aliphatic rings. The average molecular weight is 315 g/mol. The first-order valence-corrected chi connectivity index (χ1v) is 7.90. The van der Waals surface area contributed by atoms with E-state index in [4.69, 9.17) is 0 Å². The average Bonchev–Trinajstić information content (AvgIpc) is 3.27. The summed E-state index contributed by atoms with van der Waals surface area (Å²) in [6.45, 7) is 2.97. The lowest BCUT2D eigenvalue weighted by Gasteiger charge is -2.13. The van der Waals surface area contributed by atoms with Gasteiger partial charge in [0.25, 0.3) is 5.91 Å². The van der Waals surface area contributed by atoms with Crippen LogP contribution in [0.15, 0.2) is 24.3 Å². The predicted molar refractivity (Wildman–Crippen MR) is 87.1 cm³/mol. The fraction of sp³-hybridized carbons (Fsp3) is 0.438. The van der Waals surface area contributed by atoms with E-state index in [0.29, 0.717) is 18.3 Å². The molecular formula is C16H21N5O2. The quantitative estimate of drug-likeness (QED) is 0.561. The molecule has 23 heavy (non-hydrogen) atoms. The number of amides is 2. The van der Waals surface area contributed by atoms with Gasteiger partial charge in [-0.05, 0) is 25.8 Å². The van der Waals surface area contributed by atoms with Gasteiger partial charge in [0.15, 0.2) is 5.69 Å². The highest BCUT2D eigenvalue weighted by molar-refractivity contribution is 6.05. The van der Waals surface area contributed by atoms with E-state index < -0.39 is 6.04 Å². The van der Waals surface area contributed by atoms with Crippen molar-refractivity contribution in [2.24, 2.45) is 0 Å². The van der Waals surface area contributed by atoms with Crippen molar-refractivity contribution in [2.75, 3.05) is 13.1 Å². The van der Waals surface area contributed by atoms with Gasteiger partial charge in [0.2, 0.25) is 5.91 Å². The number of hydrogen-bond donors (Lipinski definition) is 4. The number of hydrogen-bond acceptors (Lipinski definition) is 4. The number of rotatable bonds is 7. The van der Waals surface area contributed by atoms with Gasteiger partial charge in [-0.3, -0.25) is 14.7 Å². The van der Waals surface area contributed by atoms with Crippen molar-refractivity contribution in [3.63, 3.8) is 0 Å². The third-order valence-electron chi connectivity index (χ3n) is 3.86. The lowest BCUT2D eigenvalue weighted by Crippen LogP contribution is -2.46. The molecule has 1 unspecified atom stereocenters. The number of aromatic amines is 1. The molecule has 1 aromatic heterocycles. The zero-order valence-electron chi connectivity index (χ0n) is 13.1. The molecule has 2 aromatic rings. The van der Waals surface area contributed by atoms with Crippen molar-refractivity contribution in [3.05, 3.63) is 30.0 Å². The first-order valence-electron chi connectivity index (χ1n) is 7.90. The highest BCUT2D eigenvalue weighted by Gasteiger charge is 2.21. The third-order valence-corrected chi connectivity index (χ3v) is 3.86. The molecule has 4 N–H and O–H groups in total. The third kappa shape index (κ3) is 3.87. The van der Waals surface area contributed by atoms with Crippen LogP contribution in [-0.4, -0.2) is 47.2 Å². The maximum atomic E-state index is 12.3. The Kier molecular flexibility index (Phi) is 4.57. The van der Waals surface area contributed by atoms with Crippen LogP contribution in [0.4, 0.5) is 0 Å². The number of nitrogens with one attached hydrogen (secondary N) is 4. The molecule has 7 nitrogen and oxygen atoms in total. The Morgan fingerprint density at radius 3 is 2.87 bits per heavy atom. The lowest BCUT2D eigenvalue weighted by molar-refractivity contribution is -0.122. The second kappa shape index (κ2) is 6.78. The minimum atomic E-state index is -0.612. The minimum absolute atomic E-state index is 0.198. The Morgan fingerprint density at radius 2 is 2.09 bits per heavy atom. The van der Waals surface area contributed by atoms with Crippen LogP contribution in [0, 0.1) is 0 Å². The molecule has 3 rings (SSSR count). The van der Waals surface area contributed by atoms with Gasteiger partial charge >= 0.3 is 0 Å². The SMILES string of the molecule is CC(NC(=O)c1n[nH]c2ccccc12)C(=O)NCCNC1CC1. The van der Waals surface area contributed by atoms with E-state index in [2.05, 4.69) is 26.1 Å². The molecule has 2 amide bonds. The van der Waals surface area contributed by atoms with Crippen LogP contribution in [0.25, 0.3) is 10.9 Å². The van der Waals surface area contributed by atoms with Crippen LogP contribution in [0.5, 0.6) is 0 Å². The smallest absolute Gasteiger partial charge is 0.273 e. The number of carbonyl (C=O) groups is 2. The summed E-state index contributed by atoms with van der Waals surface area (Å²) in [5, 5.41) is 16.4. The van der Waals surface area contributed by atoms with Crippen molar-refractivity contribution in [2.45, 2.75) is 31.8 Å². The Bertz CT molecular complexity index is 707. The van der Waals surface area contributed by atoms with Crippen molar-refractivity contribution in [1.29, 1.82) is 0 Å². The van der Waals surface area contributed by atoms with Gasteiger partial charge in [0.1, 0.15) is 6.04 Å². The molecule has 1 atom stereocenters. The molecule has 1 aliphatic carbocycles. The van der Waals surface area contributed by atoms with Crippen LogP contribution in [0.2, 0.25) is 0 Å². The van der Waals surface area contributed by atoms with Crippen LogP contribution < -0.4 is 16.0 Å². The zero-order valence-corrected chi connectivity index (χ0v) is 13.1. The molecule has 0 bridgehead atoms. The second-order valence-corrected chi connectivity index (χ2v) is 5.83. The summed E-state index contributed by atoms with van der Waals surface area (Å²) in [6.07, 6.45) is 2.44. The van der Waals surface area contributed by atoms with E-state index in [1.165, 1.54) is 12.8 Å². The maximum Gasteiger partial charge on any atom is 0.273 e. The Balaban J connectivity index is 1.50. The number of H-pyrrole nitrogens is 1. The number of carbonyl (C=O) groups excluding carboxylic acids is 2. The summed E-state index contributed by atoms with van der Waals surface area (Å²) in [6, 6.07) is 7.39. The number of fused-ring (bicyclic) bond motifs is 1. The number of aromatic nitrogens is 2. The summed E-state index contributed by atoms with van der Waals surface area (Å²) in [4.78, 5) is 24.3. The largest absolute Gasteiger partial charge is 0.353 e. The monoisotopic (exact) mass is 315 g/mol. The Labute approximate surface area is 134 Å². The molecule has 122 valence electrons. The topological polar surface area (TPSA) is 98.9 Å². The Hall–Kier alpha value is -2.41. The number of para-hydroxylation sites is 1. The van der Waals surface area contributed by atoms with Gasteiger partial charge in [-0.25, -0.2) is 0 Å². The standard InChI is InChI=1S/C16H21N5O2/c1-10(15(22)18-9-8-17-11-6-7-11)19-16(23)14-12-4-2-3-5-13(12)20-21-14/h2-5,10-11,17H,6-9H2,1H3,(H,18,22)(H,19,23)(H,20,21). The van der Waals surface area contributed by atoms with Gasteiger partial charge in [0, 0.05) is 24.5 Å². The van der Waals surface area contributed by atoms with Crippen molar-refractivity contribution >= 4 is 22.7 Å². The maximum absolute atomic E-state index is 12.3. The normalized spacial score (nSPS) is 15.3. The van der Waals surface area contributed by atoms with Crippen LogP contribution in [-0.2, 0) is 4.79 Å². The minimum Gasteiger partial charge on any atom is -0.353 e. The van der Waals surface area contributed by atoms with Gasteiger partial charge in [-0.1, -0.05) is 18.2 Å². The first kappa shape index (κ1) is 15.5. The van der Waals surface area contributed by atoms with E-state index in [-0.39, 0.29) is 11.8 Å². The second-order valence-electron chi connectivity index (χ2n) is 5.83. The molecule has 1 saturated carbocycles. The molecule has 0 spiro atoms. The van der Waals surface area contributed by atoms with E-state index >= 15 is 0 Å². The highest BCUT2D eigenvalue weighted by atomic mass is 16.2. The van der Waals surface area contributed by atoms with E-state index in [0.717, 1.165) is 17.4 Å². The summed E-state index contributed by atoms with van der Waals surface area (Å²) in [5.74, 6) is -0.558. The van der Waals surface area contributed by atoms with E-state index in [1.54, 1.807) is 6.92 Å². The Morgan fingerprint density at radius 1 is 1.30 bits per heavy atom. The highest BCUT2D eigenvalue weighted by Crippen LogP contribution is 2.17. The van der Waals surface area contributed by atoms with E-state index in [1.807, 2.05) is 24.3 Å². The van der Waals surface area contributed by atoms with E-state index in [9.17, 15) is 9.59 Å². The van der Waals surface area contributed by atoms with Crippen LogP contribution >= 0.6 is 0 Å². The molecular weight excluding hydrogens is 294 g/mol. The summed E-state index contributed by atoms with van der Waals surface area (Å²) in [7, 11) is 0. The fourth-order valence-electron chi connectivity index (χ4n) is 2.37. The molecule has 1 heterocycles. The van der Waals surface area contributed by atoms with Crippen molar-refractivity contribution in [1.82, 2.24) is 26.1 Å². The van der Waals surface area contributed by atoms with Crippen LogP contribution in [0.1, 0.15) is 30.3 Å². The van der Waals surface area contributed by atoms with Gasteiger partial charge in [-0.15, -0.1) is 0 Å². The molecule has 0 radical (unpaired) electrons. The van der Waals surface area contributed by atoms with Crippen molar-refractivity contribution in [3.8, 4) is 0 Å². The zero-order chi connectivity index (χ0) is 16.2. The summed E-state index contributed by atoms with van der Waals surface area (Å²) < 4.78 is 0. The first-order chi connectivity index (χ1) is 11.1. The fourth-order valence-corrected chi connectivity index (χ4v) is 2.37.